The molecule has 2 amide bonds. The van der Waals surface area contributed by atoms with Gasteiger partial charge in [-0.3, -0.25) is 0 Å². The fourth-order valence-electron chi connectivity index (χ4n) is 2.07. The predicted octanol–water partition coefficient (Wildman–Crippen LogP) is 2.34. The highest BCUT2D eigenvalue weighted by molar-refractivity contribution is 6.30. The van der Waals surface area contributed by atoms with Crippen LogP contribution < -0.4 is 16.4 Å². The molecule has 0 aliphatic heterocycles. The molecule has 1 aromatic rings. The van der Waals surface area contributed by atoms with Gasteiger partial charge in [-0.2, -0.15) is 0 Å². The van der Waals surface area contributed by atoms with Crippen molar-refractivity contribution in [3.05, 3.63) is 29.3 Å². The zero-order valence-electron chi connectivity index (χ0n) is 9.45. The molecule has 1 aromatic carbocycles. The second-order valence-corrected chi connectivity index (χ2v) is 4.75. The lowest BCUT2D eigenvalue weighted by Crippen LogP contribution is -2.45. The fourth-order valence-corrected chi connectivity index (χ4v) is 2.26. The number of hydrogen-bond donors (Lipinski definition) is 3. The van der Waals surface area contributed by atoms with E-state index >= 15 is 0 Å². The second kappa shape index (κ2) is 5.38. The van der Waals surface area contributed by atoms with Crippen LogP contribution in [0.1, 0.15) is 19.3 Å². The largest absolute Gasteiger partial charge is 0.334 e. The van der Waals surface area contributed by atoms with Crippen molar-refractivity contribution in [2.24, 2.45) is 5.73 Å². The highest BCUT2D eigenvalue weighted by atomic mass is 35.5. The van der Waals surface area contributed by atoms with Crippen LogP contribution in [0.25, 0.3) is 0 Å². The third-order valence-corrected chi connectivity index (χ3v) is 3.20. The Bertz CT molecular complexity index is 410. The monoisotopic (exact) mass is 253 g/mol. The van der Waals surface area contributed by atoms with Gasteiger partial charge in [-0.1, -0.05) is 17.7 Å². The van der Waals surface area contributed by atoms with Crippen molar-refractivity contribution in [3.8, 4) is 0 Å². The van der Waals surface area contributed by atoms with Gasteiger partial charge in [0.2, 0.25) is 0 Å². The van der Waals surface area contributed by atoms with Crippen LogP contribution in [-0.4, -0.2) is 18.1 Å². The van der Waals surface area contributed by atoms with Crippen molar-refractivity contribution < 1.29 is 4.79 Å². The summed E-state index contributed by atoms with van der Waals surface area (Å²) < 4.78 is 0. The van der Waals surface area contributed by atoms with E-state index in [1.165, 1.54) is 0 Å². The van der Waals surface area contributed by atoms with Gasteiger partial charge < -0.3 is 16.4 Å². The number of carbonyl (C=O) groups is 1. The van der Waals surface area contributed by atoms with Gasteiger partial charge >= 0.3 is 6.03 Å². The average molecular weight is 254 g/mol. The fraction of sp³-hybridized carbons (Fsp3) is 0.417. The summed E-state index contributed by atoms with van der Waals surface area (Å²) in [5.74, 6) is 0. The van der Waals surface area contributed by atoms with E-state index in [9.17, 15) is 4.79 Å². The number of nitrogens with one attached hydrogen (secondary N) is 2. The van der Waals surface area contributed by atoms with Crippen LogP contribution in [0, 0.1) is 0 Å². The summed E-state index contributed by atoms with van der Waals surface area (Å²) >= 11 is 5.83. The van der Waals surface area contributed by atoms with E-state index in [1.807, 2.05) is 0 Å². The van der Waals surface area contributed by atoms with Gasteiger partial charge in [0.1, 0.15) is 0 Å². The van der Waals surface area contributed by atoms with Crippen LogP contribution in [0.15, 0.2) is 24.3 Å². The second-order valence-electron chi connectivity index (χ2n) is 4.31. The number of halogens is 1. The molecular formula is C12H16ClN3O. The summed E-state index contributed by atoms with van der Waals surface area (Å²) in [6.45, 7) is 0. The smallest absolute Gasteiger partial charge is 0.319 e. The first-order valence-corrected chi connectivity index (χ1v) is 6.11. The quantitative estimate of drug-likeness (QED) is 0.757. The number of carbonyl (C=O) groups excluding carboxylic acids is 1. The molecule has 0 heterocycles. The average Bonchev–Trinajstić information content (AvgIpc) is 2.64. The molecule has 1 aliphatic rings. The van der Waals surface area contributed by atoms with Crippen molar-refractivity contribution in [3.63, 3.8) is 0 Å². The molecule has 17 heavy (non-hydrogen) atoms. The number of anilines is 1. The summed E-state index contributed by atoms with van der Waals surface area (Å²) in [7, 11) is 0. The molecule has 1 aliphatic carbocycles. The molecule has 2 atom stereocenters. The summed E-state index contributed by atoms with van der Waals surface area (Å²) in [5, 5.41) is 6.22. The zero-order chi connectivity index (χ0) is 12.3. The molecule has 1 fully saturated rings. The molecule has 2 rings (SSSR count). The number of rotatable bonds is 2. The molecule has 4 N–H and O–H groups in total. The Morgan fingerprint density at radius 1 is 1.41 bits per heavy atom. The van der Waals surface area contributed by atoms with Crippen LogP contribution in [0.3, 0.4) is 0 Å². The number of nitrogens with two attached hydrogens (primary N) is 1. The maximum absolute atomic E-state index is 11.7. The first kappa shape index (κ1) is 12.2. The molecule has 4 nitrogen and oxygen atoms in total. The number of urea groups is 1. The minimum atomic E-state index is -0.227. The Hall–Kier alpha value is -1.26. The highest BCUT2D eigenvalue weighted by Gasteiger charge is 2.25. The lowest BCUT2D eigenvalue weighted by atomic mass is 10.2. The van der Waals surface area contributed by atoms with Gasteiger partial charge in [-0.15, -0.1) is 0 Å². The highest BCUT2D eigenvalue weighted by Crippen LogP contribution is 2.18. The maximum Gasteiger partial charge on any atom is 0.319 e. The predicted molar refractivity (Wildman–Crippen MR) is 69.2 cm³/mol. The molecule has 2 unspecified atom stereocenters. The van der Waals surface area contributed by atoms with E-state index in [4.69, 9.17) is 17.3 Å². The van der Waals surface area contributed by atoms with Crippen LogP contribution in [0.4, 0.5) is 10.5 Å². The summed E-state index contributed by atoms with van der Waals surface area (Å²) in [6, 6.07) is 6.97. The maximum atomic E-state index is 11.7. The first-order valence-electron chi connectivity index (χ1n) is 5.74. The van der Waals surface area contributed by atoms with Crippen LogP contribution in [0.2, 0.25) is 5.02 Å². The molecule has 0 aromatic heterocycles. The van der Waals surface area contributed by atoms with Gasteiger partial charge in [-0.05, 0) is 37.5 Å². The Morgan fingerprint density at radius 3 is 2.88 bits per heavy atom. The molecule has 0 saturated heterocycles. The summed E-state index contributed by atoms with van der Waals surface area (Å²) in [6.07, 6.45) is 3.00. The Kier molecular flexibility index (Phi) is 3.86. The number of amides is 2. The zero-order valence-corrected chi connectivity index (χ0v) is 10.2. The number of benzene rings is 1. The van der Waals surface area contributed by atoms with Crippen molar-refractivity contribution in [1.29, 1.82) is 0 Å². The lowest BCUT2D eigenvalue weighted by molar-refractivity contribution is 0.247. The minimum absolute atomic E-state index is 0.0695. The standard InChI is InChI=1S/C12H16ClN3O/c13-8-3-1-4-9(7-8)15-12(17)16-11-6-2-5-10(11)14/h1,3-4,7,10-11H,2,5-6,14H2,(H2,15,16,17). The van der Waals surface area contributed by atoms with Crippen molar-refractivity contribution >= 4 is 23.3 Å². The molecule has 5 heteroatoms. The van der Waals surface area contributed by atoms with Gasteiger partial charge in [-0.25, -0.2) is 4.79 Å². The Morgan fingerprint density at radius 2 is 2.24 bits per heavy atom. The SMILES string of the molecule is NC1CCCC1NC(=O)Nc1cccc(Cl)c1. The summed E-state index contributed by atoms with van der Waals surface area (Å²) in [5.41, 5.74) is 6.56. The van der Waals surface area contributed by atoms with Crippen LogP contribution in [0.5, 0.6) is 0 Å². The van der Waals surface area contributed by atoms with E-state index in [0.717, 1.165) is 19.3 Å². The Labute approximate surface area is 106 Å². The van der Waals surface area contributed by atoms with Crippen LogP contribution >= 0.6 is 11.6 Å². The van der Waals surface area contributed by atoms with Crippen molar-refractivity contribution in [2.75, 3.05) is 5.32 Å². The molecule has 0 radical (unpaired) electrons. The molecular weight excluding hydrogens is 238 g/mol. The topological polar surface area (TPSA) is 67.1 Å². The van der Waals surface area contributed by atoms with Crippen molar-refractivity contribution in [1.82, 2.24) is 5.32 Å². The first-order chi connectivity index (χ1) is 8.15. The molecule has 0 spiro atoms. The van der Waals surface area contributed by atoms with Crippen LogP contribution in [-0.2, 0) is 0 Å². The normalized spacial score (nSPS) is 23.4. The van der Waals surface area contributed by atoms with Gasteiger partial charge in [0.05, 0.1) is 0 Å². The van der Waals surface area contributed by atoms with E-state index in [2.05, 4.69) is 10.6 Å². The molecule has 92 valence electrons. The minimum Gasteiger partial charge on any atom is -0.334 e. The van der Waals surface area contributed by atoms with E-state index in [1.54, 1.807) is 24.3 Å². The Balaban J connectivity index is 1.89. The third kappa shape index (κ3) is 3.35. The van der Waals surface area contributed by atoms with Crippen molar-refractivity contribution in [2.45, 2.75) is 31.3 Å². The van der Waals surface area contributed by atoms with E-state index in [-0.39, 0.29) is 18.1 Å². The summed E-state index contributed by atoms with van der Waals surface area (Å²) in [4.78, 5) is 11.7. The van der Waals surface area contributed by atoms with Gasteiger partial charge in [0, 0.05) is 22.8 Å². The van der Waals surface area contributed by atoms with Gasteiger partial charge in [0.25, 0.3) is 0 Å². The third-order valence-electron chi connectivity index (χ3n) is 2.97. The molecule has 0 bridgehead atoms. The number of hydrogen-bond acceptors (Lipinski definition) is 2. The van der Waals surface area contributed by atoms with E-state index < -0.39 is 0 Å². The van der Waals surface area contributed by atoms with Gasteiger partial charge in [0.15, 0.2) is 0 Å². The lowest BCUT2D eigenvalue weighted by Gasteiger charge is -2.17. The molecule has 1 saturated carbocycles. The van der Waals surface area contributed by atoms with E-state index in [0.29, 0.717) is 10.7 Å².